The molecule has 0 amide bonds. The Balaban J connectivity index is 2.73. The molecule has 0 bridgehead atoms. The minimum atomic E-state index is -1.58. The van der Waals surface area contributed by atoms with Crippen LogP contribution in [-0.4, -0.2) is 28.9 Å². The summed E-state index contributed by atoms with van der Waals surface area (Å²) in [6.07, 6.45) is -2.89. The predicted molar refractivity (Wildman–Crippen MR) is 59.1 cm³/mol. The number of halogens is 1. The second-order valence-corrected chi connectivity index (χ2v) is 3.63. The van der Waals surface area contributed by atoms with Crippen LogP contribution >= 0.6 is 11.6 Å². The Morgan fingerprint density at radius 1 is 1.38 bits per heavy atom. The van der Waals surface area contributed by atoms with Gasteiger partial charge in [-0.3, -0.25) is 0 Å². The van der Waals surface area contributed by atoms with E-state index in [4.69, 9.17) is 11.6 Å². The predicted octanol–water partition coefficient (Wildman–Crippen LogP) is 1.30. The first kappa shape index (κ1) is 13.0. The molecule has 1 rings (SSSR count). The molecule has 0 fully saturated rings. The van der Waals surface area contributed by atoms with Crippen molar-refractivity contribution < 1.29 is 19.7 Å². The summed E-state index contributed by atoms with van der Waals surface area (Å²) in [6, 6.07) is 6.21. The zero-order valence-corrected chi connectivity index (χ0v) is 9.52. The van der Waals surface area contributed by atoms with E-state index in [0.717, 1.165) is 0 Å². The number of benzene rings is 1. The van der Waals surface area contributed by atoms with Gasteiger partial charge < -0.3 is 14.9 Å². The van der Waals surface area contributed by atoms with E-state index in [1.807, 2.05) is 0 Å². The van der Waals surface area contributed by atoms with Crippen molar-refractivity contribution in [1.82, 2.24) is 0 Å². The van der Waals surface area contributed by atoms with Crippen LogP contribution in [0.25, 0.3) is 0 Å². The number of rotatable bonds is 4. The summed E-state index contributed by atoms with van der Waals surface area (Å²) in [5.74, 6) is -0.843. The molecule has 4 nitrogen and oxygen atoms in total. The molecule has 0 saturated carbocycles. The van der Waals surface area contributed by atoms with Crippen molar-refractivity contribution in [2.24, 2.45) is 0 Å². The first-order valence-corrected chi connectivity index (χ1v) is 5.22. The van der Waals surface area contributed by atoms with E-state index in [1.54, 1.807) is 19.1 Å². The summed E-state index contributed by atoms with van der Waals surface area (Å²) in [6.45, 7) is 1.78. The van der Waals surface area contributed by atoms with Gasteiger partial charge in [0.15, 0.2) is 6.10 Å². The highest BCUT2D eigenvalue weighted by Crippen LogP contribution is 2.19. The van der Waals surface area contributed by atoms with E-state index in [2.05, 4.69) is 4.74 Å². The molecule has 2 atom stereocenters. The minimum Gasteiger partial charge on any atom is -0.464 e. The first-order chi connectivity index (χ1) is 7.56. The lowest BCUT2D eigenvalue weighted by Crippen LogP contribution is -2.29. The molecule has 1 aromatic carbocycles. The van der Waals surface area contributed by atoms with Crippen molar-refractivity contribution >= 4 is 17.6 Å². The molecular formula is C11H13ClO4. The van der Waals surface area contributed by atoms with Crippen LogP contribution in [0.1, 0.15) is 18.6 Å². The van der Waals surface area contributed by atoms with Crippen LogP contribution in [0.4, 0.5) is 0 Å². The molecular weight excluding hydrogens is 232 g/mol. The molecule has 1 aromatic rings. The topological polar surface area (TPSA) is 66.8 Å². The lowest BCUT2D eigenvalue weighted by atomic mass is 10.0. The third-order valence-corrected chi connectivity index (χ3v) is 2.29. The number of carbonyl (C=O) groups is 1. The number of esters is 1. The van der Waals surface area contributed by atoms with Gasteiger partial charge in [-0.05, 0) is 24.6 Å². The molecule has 5 heteroatoms. The third kappa shape index (κ3) is 3.20. The Labute approximate surface area is 98.4 Å². The van der Waals surface area contributed by atoms with Gasteiger partial charge >= 0.3 is 5.97 Å². The van der Waals surface area contributed by atoms with Gasteiger partial charge in [-0.2, -0.15) is 0 Å². The van der Waals surface area contributed by atoms with Gasteiger partial charge in [0.2, 0.25) is 0 Å². The van der Waals surface area contributed by atoms with Gasteiger partial charge in [0, 0.05) is 5.02 Å². The number of ether oxygens (including phenoxy) is 1. The number of hydrogen-bond acceptors (Lipinski definition) is 4. The van der Waals surface area contributed by atoms with Gasteiger partial charge in [-0.25, -0.2) is 4.79 Å². The van der Waals surface area contributed by atoms with Crippen LogP contribution in [0, 0.1) is 0 Å². The van der Waals surface area contributed by atoms with Crippen LogP contribution in [0.2, 0.25) is 5.02 Å². The lowest BCUT2D eigenvalue weighted by Gasteiger charge is -2.16. The summed E-state index contributed by atoms with van der Waals surface area (Å²) in [7, 11) is 0. The second kappa shape index (κ2) is 5.84. The summed E-state index contributed by atoms with van der Waals surface area (Å²) in [4.78, 5) is 11.2. The highest BCUT2D eigenvalue weighted by molar-refractivity contribution is 6.30. The number of hydrogen-bond donors (Lipinski definition) is 2. The van der Waals surface area contributed by atoms with Crippen molar-refractivity contribution in [3.63, 3.8) is 0 Å². The van der Waals surface area contributed by atoms with Crippen molar-refractivity contribution in [2.45, 2.75) is 19.1 Å². The maximum absolute atomic E-state index is 11.2. The zero-order valence-electron chi connectivity index (χ0n) is 8.76. The number of aliphatic hydroxyl groups is 2. The van der Waals surface area contributed by atoms with Gasteiger partial charge in [0.05, 0.1) is 6.61 Å². The lowest BCUT2D eigenvalue weighted by molar-refractivity contribution is -0.159. The minimum absolute atomic E-state index is 0.156. The van der Waals surface area contributed by atoms with E-state index in [1.165, 1.54) is 12.1 Å². The SMILES string of the molecule is CCOC(=O)[C@H](O)[C@H](O)c1ccc(Cl)cc1. The molecule has 0 aromatic heterocycles. The fourth-order valence-electron chi connectivity index (χ4n) is 1.20. The molecule has 88 valence electrons. The average molecular weight is 245 g/mol. The highest BCUT2D eigenvalue weighted by atomic mass is 35.5. The molecule has 0 aliphatic carbocycles. The first-order valence-electron chi connectivity index (χ1n) is 4.84. The molecule has 0 heterocycles. The van der Waals surface area contributed by atoms with Crippen LogP contribution in [-0.2, 0) is 9.53 Å². The third-order valence-electron chi connectivity index (χ3n) is 2.04. The molecule has 0 radical (unpaired) electrons. The summed E-state index contributed by atoms with van der Waals surface area (Å²) < 4.78 is 4.60. The molecule has 0 aliphatic rings. The molecule has 0 unspecified atom stereocenters. The standard InChI is InChI=1S/C11H13ClO4/c1-2-16-11(15)10(14)9(13)7-3-5-8(12)6-4-7/h3-6,9-10,13-14H,2H2,1H3/t9-,10-/m1/s1. The van der Waals surface area contributed by atoms with Crippen LogP contribution in [0.3, 0.4) is 0 Å². The highest BCUT2D eigenvalue weighted by Gasteiger charge is 2.26. The van der Waals surface area contributed by atoms with Gasteiger partial charge in [0.25, 0.3) is 0 Å². The molecule has 2 N–H and O–H groups in total. The smallest absolute Gasteiger partial charge is 0.338 e. The van der Waals surface area contributed by atoms with Gasteiger partial charge in [-0.15, -0.1) is 0 Å². The Morgan fingerprint density at radius 3 is 2.44 bits per heavy atom. The second-order valence-electron chi connectivity index (χ2n) is 3.19. The van der Waals surface area contributed by atoms with Gasteiger partial charge in [-0.1, -0.05) is 23.7 Å². The van der Waals surface area contributed by atoms with E-state index in [0.29, 0.717) is 10.6 Å². The van der Waals surface area contributed by atoms with E-state index in [-0.39, 0.29) is 6.61 Å². The van der Waals surface area contributed by atoms with Crippen LogP contribution < -0.4 is 0 Å². The normalized spacial score (nSPS) is 14.2. The largest absolute Gasteiger partial charge is 0.464 e. The van der Waals surface area contributed by atoms with Crippen molar-refractivity contribution in [2.75, 3.05) is 6.61 Å². The average Bonchev–Trinajstić information content (AvgIpc) is 2.28. The van der Waals surface area contributed by atoms with Gasteiger partial charge in [0.1, 0.15) is 6.10 Å². The van der Waals surface area contributed by atoms with Crippen LogP contribution in [0.5, 0.6) is 0 Å². The monoisotopic (exact) mass is 244 g/mol. The maximum atomic E-state index is 11.2. The molecule has 0 aliphatic heterocycles. The Bertz CT molecular complexity index is 350. The fourth-order valence-corrected chi connectivity index (χ4v) is 1.32. The summed E-state index contributed by atoms with van der Waals surface area (Å²) in [5.41, 5.74) is 0.407. The maximum Gasteiger partial charge on any atom is 0.338 e. The van der Waals surface area contributed by atoms with Crippen molar-refractivity contribution in [1.29, 1.82) is 0 Å². The number of aliphatic hydroxyl groups excluding tert-OH is 2. The van der Waals surface area contributed by atoms with E-state index >= 15 is 0 Å². The molecule has 0 saturated heterocycles. The zero-order chi connectivity index (χ0) is 12.1. The summed E-state index contributed by atoms with van der Waals surface area (Å²) >= 11 is 5.67. The van der Waals surface area contributed by atoms with Crippen molar-refractivity contribution in [3.05, 3.63) is 34.9 Å². The Kier molecular flexibility index (Phi) is 4.73. The quantitative estimate of drug-likeness (QED) is 0.784. The van der Waals surface area contributed by atoms with E-state index in [9.17, 15) is 15.0 Å². The molecule has 16 heavy (non-hydrogen) atoms. The summed E-state index contributed by atoms with van der Waals surface area (Å²) in [5, 5.41) is 19.7. The Morgan fingerprint density at radius 2 is 1.94 bits per heavy atom. The Hall–Kier alpha value is -1.10. The van der Waals surface area contributed by atoms with Crippen LogP contribution in [0.15, 0.2) is 24.3 Å². The molecule has 0 spiro atoms. The number of carbonyl (C=O) groups excluding carboxylic acids is 1. The fraction of sp³-hybridized carbons (Fsp3) is 0.364. The van der Waals surface area contributed by atoms with E-state index < -0.39 is 18.2 Å². The van der Waals surface area contributed by atoms with Crippen molar-refractivity contribution in [3.8, 4) is 0 Å².